The maximum atomic E-state index is 10.8. The zero-order valence-corrected chi connectivity index (χ0v) is 7.94. The third-order valence-electron chi connectivity index (χ3n) is 2.20. The van der Waals surface area contributed by atoms with Crippen LogP contribution in [-0.4, -0.2) is 27.3 Å². The van der Waals surface area contributed by atoms with Crippen molar-refractivity contribution in [2.75, 3.05) is 0 Å². The highest BCUT2D eigenvalue weighted by atomic mass is 16.5. The SMILES string of the molecule is CCc1c(C=O)c(C)n(O)c1C(=O)O. The van der Waals surface area contributed by atoms with Crippen LogP contribution in [0.2, 0.25) is 0 Å². The Morgan fingerprint density at radius 1 is 1.57 bits per heavy atom. The number of carbonyl (C=O) groups excluding carboxylic acids is 1. The van der Waals surface area contributed by atoms with Gasteiger partial charge in [0.05, 0.1) is 5.69 Å². The van der Waals surface area contributed by atoms with E-state index in [1.807, 2.05) is 0 Å². The zero-order chi connectivity index (χ0) is 10.9. The molecule has 2 N–H and O–H groups in total. The molecule has 14 heavy (non-hydrogen) atoms. The Morgan fingerprint density at radius 2 is 2.14 bits per heavy atom. The fraction of sp³-hybridized carbons (Fsp3) is 0.333. The van der Waals surface area contributed by atoms with Crippen LogP contribution in [0.4, 0.5) is 0 Å². The first-order valence-electron chi connectivity index (χ1n) is 4.16. The first kappa shape index (κ1) is 10.3. The number of aromatic nitrogens is 1. The van der Waals surface area contributed by atoms with E-state index in [4.69, 9.17) is 5.11 Å². The van der Waals surface area contributed by atoms with Gasteiger partial charge in [0, 0.05) is 5.56 Å². The maximum absolute atomic E-state index is 10.8. The van der Waals surface area contributed by atoms with Crippen LogP contribution >= 0.6 is 0 Å². The number of carbonyl (C=O) groups is 2. The van der Waals surface area contributed by atoms with Gasteiger partial charge in [0.25, 0.3) is 0 Å². The van der Waals surface area contributed by atoms with Crippen LogP contribution < -0.4 is 0 Å². The molecule has 0 atom stereocenters. The first-order chi connectivity index (χ1) is 6.54. The molecule has 0 aliphatic carbocycles. The maximum Gasteiger partial charge on any atom is 0.356 e. The summed E-state index contributed by atoms with van der Waals surface area (Å²) in [5.74, 6) is -1.24. The smallest absolute Gasteiger partial charge is 0.356 e. The van der Waals surface area contributed by atoms with E-state index in [-0.39, 0.29) is 17.0 Å². The van der Waals surface area contributed by atoms with Gasteiger partial charge in [-0.15, -0.1) is 0 Å². The molecule has 0 spiro atoms. The summed E-state index contributed by atoms with van der Waals surface area (Å²) in [5, 5.41) is 18.2. The fourth-order valence-corrected chi connectivity index (χ4v) is 1.49. The van der Waals surface area contributed by atoms with Crippen LogP contribution in [0.1, 0.15) is 39.0 Å². The summed E-state index contributed by atoms with van der Waals surface area (Å²) in [6.45, 7) is 3.23. The molecular weight excluding hydrogens is 186 g/mol. The number of aromatic carboxylic acids is 1. The average molecular weight is 197 g/mol. The third-order valence-corrected chi connectivity index (χ3v) is 2.20. The molecule has 0 saturated carbocycles. The molecule has 0 saturated heterocycles. The molecule has 1 aromatic heterocycles. The molecule has 0 fully saturated rings. The van der Waals surface area contributed by atoms with Gasteiger partial charge in [-0.3, -0.25) is 4.79 Å². The normalized spacial score (nSPS) is 10.1. The molecule has 1 aromatic rings. The highest BCUT2D eigenvalue weighted by molar-refractivity contribution is 5.93. The van der Waals surface area contributed by atoms with Crippen molar-refractivity contribution in [3.8, 4) is 0 Å². The van der Waals surface area contributed by atoms with E-state index in [9.17, 15) is 14.8 Å². The lowest BCUT2D eigenvalue weighted by molar-refractivity contribution is 0.0639. The minimum Gasteiger partial charge on any atom is -0.476 e. The summed E-state index contributed by atoms with van der Waals surface area (Å²) in [6, 6.07) is 0. The van der Waals surface area contributed by atoms with Gasteiger partial charge in [-0.2, -0.15) is 4.73 Å². The Balaban J connectivity index is 3.56. The van der Waals surface area contributed by atoms with Gasteiger partial charge in [0.2, 0.25) is 0 Å². The molecule has 0 radical (unpaired) electrons. The number of hydrogen-bond acceptors (Lipinski definition) is 3. The fourth-order valence-electron chi connectivity index (χ4n) is 1.49. The van der Waals surface area contributed by atoms with Crippen molar-refractivity contribution in [1.82, 2.24) is 4.73 Å². The Labute approximate surface area is 80.5 Å². The van der Waals surface area contributed by atoms with Gasteiger partial charge in [0.1, 0.15) is 0 Å². The van der Waals surface area contributed by atoms with E-state index in [2.05, 4.69) is 0 Å². The summed E-state index contributed by atoms with van der Waals surface area (Å²) in [7, 11) is 0. The van der Waals surface area contributed by atoms with Crippen LogP contribution in [-0.2, 0) is 6.42 Å². The quantitative estimate of drug-likeness (QED) is 0.561. The second-order valence-corrected chi connectivity index (χ2v) is 2.91. The van der Waals surface area contributed by atoms with Crippen LogP contribution in [0.3, 0.4) is 0 Å². The van der Waals surface area contributed by atoms with E-state index in [1.165, 1.54) is 6.92 Å². The van der Waals surface area contributed by atoms with Crippen molar-refractivity contribution >= 4 is 12.3 Å². The molecule has 0 amide bonds. The molecule has 5 heteroatoms. The second kappa shape index (κ2) is 3.53. The largest absolute Gasteiger partial charge is 0.476 e. The van der Waals surface area contributed by atoms with Gasteiger partial charge in [-0.1, -0.05) is 6.92 Å². The standard InChI is InChI=1S/C9H11NO4/c1-3-6-7(4-11)5(2)10(14)8(6)9(12)13/h4,14H,3H2,1-2H3,(H,12,13). The summed E-state index contributed by atoms with van der Waals surface area (Å²) < 4.78 is 0.547. The van der Waals surface area contributed by atoms with Gasteiger partial charge in [0.15, 0.2) is 12.0 Å². The van der Waals surface area contributed by atoms with E-state index < -0.39 is 5.97 Å². The number of hydrogen-bond donors (Lipinski definition) is 2. The predicted octanol–water partition coefficient (Wildman–Crippen LogP) is 1.11. The van der Waals surface area contributed by atoms with Gasteiger partial charge >= 0.3 is 5.97 Å². The van der Waals surface area contributed by atoms with Crippen LogP contribution in [0.25, 0.3) is 0 Å². The second-order valence-electron chi connectivity index (χ2n) is 2.91. The van der Waals surface area contributed by atoms with Crippen molar-refractivity contribution in [3.63, 3.8) is 0 Å². The summed E-state index contributed by atoms with van der Waals surface area (Å²) in [5.41, 5.74) is 0.654. The highest BCUT2D eigenvalue weighted by Crippen LogP contribution is 2.20. The lowest BCUT2D eigenvalue weighted by atomic mass is 10.1. The van der Waals surface area contributed by atoms with Crippen LogP contribution in [0.15, 0.2) is 0 Å². The Kier molecular flexibility index (Phi) is 2.60. The van der Waals surface area contributed by atoms with E-state index >= 15 is 0 Å². The molecule has 0 aromatic carbocycles. The first-order valence-corrected chi connectivity index (χ1v) is 4.16. The molecule has 0 bridgehead atoms. The molecule has 1 rings (SSSR count). The predicted molar refractivity (Wildman–Crippen MR) is 48.1 cm³/mol. The Bertz CT molecular complexity index is 392. The van der Waals surface area contributed by atoms with Crippen molar-refractivity contribution < 1.29 is 19.9 Å². The number of carboxylic acid groups (broad SMARTS) is 1. The zero-order valence-electron chi connectivity index (χ0n) is 7.94. The molecule has 0 aliphatic heterocycles. The molecule has 76 valence electrons. The molecule has 1 heterocycles. The number of rotatable bonds is 3. The Morgan fingerprint density at radius 3 is 2.50 bits per heavy atom. The summed E-state index contributed by atoms with van der Waals surface area (Å²) >= 11 is 0. The van der Waals surface area contributed by atoms with E-state index in [1.54, 1.807) is 6.92 Å². The van der Waals surface area contributed by atoms with Gasteiger partial charge < -0.3 is 10.3 Å². The summed E-state index contributed by atoms with van der Waals surface area (Å²) in [6.07, 6.45) is 0.956. The number of carboxylic acids is 1. The Hall–Kier alpha value is -1.78. The average Bonchev–Trinajstić information content (AvgIpc) is 2.39. The number of nitrogens with zero attached hydrogens (tertiary/aromatic N) is 1. The van der Waals surface area contributed by atoms with Crippen LogP contribution in [0, 0.1) is 6.92 Å². The third kappa shape index (κ3) is 1.26. The van der Waals surface area contributed by atoms with Gasteiger partial charge in [-0.05, 0) is 18.9 Å². The number of aldehydes is 1. The van der Waals surface area contributed by atoms with Crippen LogP contribution in [0.5, 0.6) is 0 Å². The molecular formula is C9H11NO4. The van der Waals surface area contributed by atoms with Crippen molar-refractivity contribution in [1.29, 1.82) is 0 Å². The highest BCUT2D eigenvalue weighted by Gasteiger charge is 2.23. The summed E-state index contributed by atoms with van der Waals surface area (Å²) in [4.78, 5) is 21.5. The minimum atomic E-state index is -1.24. The van der Waals surface area contributed by atoms with Crippen molar-refractivity contribution in [2.45, 2.75) is 20.3 Å². The molecule has 0 unspecified atom stereocenters. The lowest BCUT2D eigenvalue weighted by Crippen LogP contribution is -2.08. The van der Waals surface area contributed by atoms with Gasteiger partial charge in [-0.25, -0.2) is 4.79 Å². The van der Waals surface area contributed by atoms with Crippen molar-refractivity contribution in [3.05, 3.63) is 22.5 Å². The monoisotopic (exact) mass is 197 g/mol. The lowest BCUT2D eigenvalue weighted by Gasteiger charge is -1.98. The topological polar surface area (TPSA) is 79.5 Å². The molecule has 0 aliphatic rings. The van der Waals surface area contributed by atoms with E-state index in [0.717, 1.165) is 0 Å². The minimum absolute atomic E-state index is 0.230. The molecule has 5 nitrogen and oxygen atoms in total. The van der Waals surface area contributed by atoms with E-state index in [0.29, 0.717) is 23.0 Å². The van der Waals surface area contributed by atoms with Crippen molar-refractivity contribution in [2.24, 2.45) is 0 Å².